The lowest BCUT2D eigenvalue weighted by Gasteiger charge is -2.32. The molecule has 2 saturated heterocycles. The Hall–Kier alpha value is -1.59. The summed E-state index contributed by atoms with van der Waals surface area (Å²) in [5, 5.41) is 0. The molecule has 6 rings (SSSR count). The highest BCUT2D eigenvalue weighted by molar-refractivity contribution is 6.62. The Morgan fingerprint density at radius 3 is 1.23 bits per heavy atom. The molecular weight excluding hydrogens is 434 g/mol. The van der Waals surface area contributed by atoms with Gasteiger partial charge < -0.3 is 18.6 Å². The van der Waals surface area contributed by atoms with Crippen molar-refractivity contribution in [3.05, 3.63) is 47.5 Å². The highest BCUT2D eigenvalue weighted by Gasteiger charge is 2.54. The summed E-state index contributed by atoms with van der Waals surface area (Å²) in [6, 6.07) is 13.7. The van der Waals surface area contributed by atoms with Gasteiger partial charge in [0.15, 0.2) is 0 Å². The number of hydrogen-bond donors (Lipinski definition) is 0. The van der Waals surface area contributed by atoms with E-state index in [1.807, 2.05) is 0 Å². The highest BCUT2D eigenvalue weighted by Crippen LogP contribution is 2.56. The van der Waals surface area contributed by atoms with Crippen LogP contribution >= 0.6 is 0 Å². The first-order valence-corrected chi connectivity index (χ1v) is 13.3. The summed E-state index contributed by atoms with van der Waals surface area (Å²) in [7, 11) is -0.680. The molecule has 0 atom stereocenters. The van der Waals surface area contributed by atoms with Gasteiger partial charge in [0.05, 0.1) is 22.4 Å². The fourth-order valence-corrected chi connectivity index (χ4v) is 6.30. The maximum atomic E-state index is 6.41. The monoisotopic (exact) mass is 472 g/mol. The largest absolute Gasteiger partial charge is 0.494 e. The number of hydrogen-bond acceptors (Lipinski definition) is 4. The average Bonchev–Trinajstić information content (AvgIpc) is 3.47. The Bertz CT molecular complexity index is 1070. The van der Waals surface area contributed by atoms with Gasteiger partial charge in [0, 0.05) is 5.41 Å². The molecule has 2 aromatic carbocycles. The Balaban J connectivity index is 1.40. The fourth-order valence-electron chi connectivity index (χ4n) is 6.30. The van der Waals surface area contributed by atoms with Crippen LogP contribution in [0, 0.1) is 0 Å². The topological polar surface area (TPSA) is 36.9 Å². The highest BCUT2D eigenvalue weighted by atomic mass is 16.7. The normalized spacial score (nSPS) is 26.4. The van der Waals surface area contributed by atoms with E-state index in [9.17, 15) is 0 Å². The van der Waals surface area contributed by atoms with Crippen LogP contribution in [0.4, 0.5) is 0 Å². The van der Waals surface area contributed by atoms with E-state index in [-0.39, 0.29) is 42.1 Å². The third-order valence-electron chi connectivity index (χ3n) is 9.92. The van der Waals surface area contributed by atoms with Gasteiger partial charge in [-0.15, -0.1) is 0 Å². The van der Waals surface area contributed by atoms with Gasteiger partial charge in [-0.1, -0.05) is 49.2 Å². The lowest BCUT2D eigenvalue weighted by molar-refractivity contribution is 0.00578. The second-order valence-corrected chi connectivity index (χ2v) is 13.1. The molecule has 4 aliphatic rings. The molecular formula is C29H38B2O4. The molecule has 6 heteroatoms. The second-order valence-electron chi connectivity index (χ2n) is 13.1. The zero-order valence-corrected chi connectivity index (χ0v) is 22.6. The van der Waals surface area contributed by atoms with Crippen molar-refractivity contribution in [2.24, 2.45) is 0 Å². The minimum atomic E-state index is -0.345. The summed E-state index contributed by atoms with van der Waals surface area (Å²) in [5.41, 5.74) is 6.47. The van der Waals surface area contributed by atoms with Crippen LogP contribution in [0.25, 0.3) is 11.1 Å². The summed E-state index contributed by atoms with van der Waals surface area (Å²) in [4.78, 5) is 0. The van der Waals surface area contributed by atoms with E-state index in [4.69, 9.17) is 18.6 Å². The standard InChI is InChI=1S/C29H38B2O4/c1-25(2)26(3,4)33-30(32-25)19-11-13-21-22-14-12-20(31-34-27(5,6)28(7,8)35-31)18-24(22)29(23(21)17-19)15-9-10-16-29/h11-14,17-18H,9-10,15-16H2,1-8H3. The maximum Gasteiger partial charge on any atom is 0.494 e. The van der Waals surface area contributed by atoms with E-state index in [0.717, 1.165) is 10.9 Å². The van der Waals surface area contributed by atoms with Crippen LogP contribution in [0.5, 0.6) is 0 Å². The van der Waals surface area contributed by atoms with Crippen molar-refractivity contribution in [1.82, 2.24) is 0 Å². The molecule has 2 heterocycles. The first-order chi connectivity index (χ1) is 16.3. The van der Waals surface area contributed by atoms with Crippen LogP contribution in [0.1, 0.15) is 92.2 Å². The van der Waals surface area contributed by atoms with Crippen molar-refractivity contribution >= 4 is 25.2 Å². The zero-order chi connectivity index (χ0) is 25.0. The van der Waals surface area contributed by atoms with E-state index < -0.39 is 0 Å². The molecule has 2 aromatic rings. The van der Waals surface area contributed by atoms with Gasteiger partial charge >= 0.3 is 14.2 Å². The maximum absolute atomic E-state index is 6.41. The third kappa shape index (κ3) is 3.29. The predicted molar refractivity (Wildman–Crippen MR) is 143 cm³/mol. The van der Waals surface area contributed by atoms with Gasteiger partial charge in [-0.05, 0) is 101 Å². The lowest BCUT2D eigenvalue weighted by Crippen LogP contribution is -2.41. The van der Waals surface area contributed by atoms with Crippen molar-refractivity contribution in [2.45, 2.75) is 109 Å². The first kappa shape index (κ1) is 23.8. The van der Waals surface area contributed by atoms with Crippen molar-refractivity contribution in [3.63, 3.8) is 0 Å². The van der Waals surface area contributed by atoms with Gasteiger partial charge in [0.1, 0.15) is 0 Å². The molecule has 0 bridgehead atoms. The molecule has 3 fully saturated rings. The van der Waals surface area contributed by atoms with Gasteiger partial charge in [0.25, 0.3) is 0 Å². The first-order valence-electron chi connectivity index (χ1n) is 13.3. The van der Waals surface area contributed by atoms with Gasteiger partial charge in [0.2, 0.25) is 0 Å². The number of fused-ring (bicyclic) bond motifs is 5. The molecule has 1 saturated carbocycles. The Morgan fingerprint density at radius 2 is 0.886 bits per heavy atom. The molecule has 35 heavy (non-hydrogen) atoms. The molecule has 0 N–H and O–H groups in total. The molecule has 1 spiro atoms. The van der Waals surface area contributed by atoms with Crippen molar-refractivity contribution < 1.29 is 18.6 Å². The minimum absolute atomic E-state index is 0.0456. The second kappa shape index (κ2) is 7.25. The van der Waals surface area contributed by atoms with Crippen molar-refractivity contribution in [3.8, 4) is 11.1 Å². The fraction of sp³-hybridized carbons (Fsp3) is 0.586. The van der Waals surface area contributed by atoms with Crippen molar-refractivity contribution in [1.29, 1.82) is 0 Å². The molecule has 2 aliphatic heterocycles. The van der Waals surface area contributed by atoms with E-state index in [0.29, 0.717) is 0 Å². The molecule has 0 unspecified atom stereocenters. The van der Waals surface area contributed by atoms with Gasteiger partial charge in [-0.25, -0.2) is 0 Å². The van der Waals surface area contributed by atoms with Gasteiger partial charge in [-0.2, -0.15) is 0 Å². The van der Waals surface area contributed by atoms with Crippen LogP contribution in [0.2, 0.25) is 0 Å². The van der Waals surface area contributed by atoms with Crippen LogP contribution in [-0.4, -0.2) is 36.6 Å². The Kier molecular flexibility index (Phi) is 4.93. The van der Waals surface area contributed by atoms with E-state index in [2.05, 4.69) is 91.8 Å². The quantitative estimate of drug-likeness (QED) is 0.569. The molecule has 0 aromatic heterocycles. The Labute approximate surface area is 211 Å². The number of benzene rings is 2. The van der Waals surface area contributed by atoms with E-state index in [1.54, 1.807) is 0 Å². The SMILES string of the molecule is CC1(C)OB(c2ccc3c(c2)C2(CCCC2)c2cc(B4OC(C)(C)C(C)(C)O4)ccc2-3)OC1(C)C. The molecule has 0 radical (unpaired) electrons. The van der Waals surface area contributed by atoms with Crippen LogP contribution in [0.3, 0.4) is 0 Å². The van der Waals surface area contributed by atoms with E-state index >= 15 is 0 Å². The van der Waals surface area contributed by atoms with Crippen molar-refractivity contribution in [2.75, 3.05) is 0 Å². The lowest BCUT2D eigenvalue weighted by atomic mass is 9.70. The van der Waals surface area contributed by atoms with Gasteiger partial charge in [-0.3, -0.25) is 0 Å². The molecule has 184 valence electrons. The number of rotatable bonds is 2. The predicted octanol–water partition coefficient (Wildman–Crippen LogP) is 5.13. The van der Waals surface area contributed by atoms with Crippen LogP contribution in [0.15, 0.2) is 36.4 Å². The smallest absolute Gasteiger partial charge is 0.399 e. The molecule has 4 nitrogen and oxygen atoms in total. The average molecular weight is 472 g/mol. The molecule has 2 aliphatic carbocycles. The Morgan fingerprint density at radius 1 is 0.543 bits per heavy atom. The third-order valence-corrected chi connectivity index (χ3v) is 9.92. The summed E-state index contributed by atoms with van der Waals surface area (Å²) >= 11 is 0. The van der Waals surface area contributed by atoms with Crippen LogP contribution in [-0.2, 0) is 24.0 Å². The zero-order valence-electron chi connectivity index (χ0n) is 22.6. The van der Waals surface area contributed by atoms with E-state index in [1.165, 1.54) is 47.9 Å². The molecule has 0 amide bonds. The van der Waals surface area contributed by atoms with Crippen LogP contribution < -0.4 is 10.9 Å². The summed E-state index contributed by atoms with van der Waals surface area (Å²) in [6.45, 7) is 16.9. The summed E-state index contributed by atoms with van der Waals surface area (Å²) in [6.07, 6.45) is 4.85. The summed E-state index contributed by atoms with van der Waals surface area (Å²) in [5.74, 6) is 0. The summed E-state index contributed by atoms with van der Waals surface area (Å²) < 4.78 is 25.6. The minimum Gasteiger partial charge on any atom is -0.399 e.